The molecule has 0 aliphatic heterocycles. The molecular formula is C19H24O2. The predicted molar refractivity (Wildman–Crippen MR) is 86.7 cm³/mol. The lowest BCUT2D eigenvalue weighted by atomic mass is 9.77. The Balaban J connectivity index is 2.42. The monoisotopic (exact) mass is 284 g/mol. The molecule has 0 saturated carbocycles. The summed E-state index contributed by atoms with van der Waals surface area (Å²) in [7, 11) is 0. The van der Waals surface area contributed by atoms with Crippen molar-refractivity contribution in [1.82, 2.24) is 0 Å². The Morgan fingerprint density at radius 3 is 1.52 bits per heavy atom. The van der Waals surface area contributed by atoms with E-state index in [2.05, 4.69) is 13.8 Å². The van der Waals surface area contributed by atoms with Crippen LogP contribution >= 0.6 is 0 Å². The lowest BCUT2D eigenvalue weighted by Gasteiger charge is -2.27. The first-order valence-corrected chi connectivity index (χ1v) is 7.73. The standard InChI is InChI=1S/C19H24O2/c1-3-5-14(4-2)19(15-6-10-17(20)11-7-15)16-8-12-18(21)13-9-16/h6-14,19-21H,3-5H2,1-2H3. The summed E-state index contributed by atoms with van der Waals surface area (Å²) >= 11 is 0. The lowest BCUT2D eigenvalue weighted by molar-refractivity contribution is 0.414. The van der Waals surface area contributed by atoms with Gasteiger partial charge in [0.15, 0.2) is 0 Å². The molecule has 2 heteroatoms. The van der Waals surface area contributed by atoms with Crippen LogP contribution in [-0.2, 0) is 0 Å². The Bertz CT molecular complexity index is 497. The van der Waals surface area contributed by atoms with Crippen LogP contribution in [-0.4, -0.2) is 10.2 Å². The van der Waals surface area contributed by atoms with E-state index in [1.165, 1.54) is 17.5 Å². The molecule has 112 valence electrons. The van der Waals surface area contributed by atoms with Crippen LogP contribution in [0.3, 0.4) is 0 Å². The number of benzene rings is 2. The number of phenols is 2. The van der Waals surface area contributed by atoms with E-state index in [4.69, 9.17) is 0 Å². The van der Waals surface area contributed by atoms with Crippen LogP contribution in [0.4, 0.5) is 0 Å². The van der Waals surface area contributed by atoms with E-state index in [0.29, 0.717) is 23.3 Å². The third kappa shape index (κ3) is 3.78. The molecule has 0 heterocycles. The van der Waals surface area contributed by atoms with Crippen molar-refractivity contribution in [3.8, 4) is 11.5 Å². The van der Waals surface area contributed by atoms with Gasteiger partial charge in [-0.1, -0.05) is 51.0 Å². The largest absolute Gasteiger partial charge is 0.508 e. The second-order valence-corrected chi connectivity index (χ2v) is 5.62. The van der Waals surface area contributed by atoms with Crippen molar-refractivity contribution in [2.75, 3.05) is 0 Å². The summed E-state index contributed by atoms with van der Waals surface area (Å²) < 4.78 is 0. The smallest absolute Gasteiger partial charge is 0.115 e. The van der Waals surface area contributed by atoms with Crippen LogP contribution in [0, 0.1) is 5.92 Å². The van der Waals surface area contributed by atoms with E-state index < -0.39 is 0 Å². The van der Waals surface area contributed by atoms with Gasteiger partial charge in [0, 0.05) is 5.92 Å². The topological polar surface area (TPSA) is 40.5 Å². The van der Waals surface area contributed by atoms with Crippen LogP contribution < -0.4 is 0 Å². The third-order valence-electron chi connectivity index (χ3n) is 4.16. The molecule has 0 aliphatic rings. The first-order valence-electron chi connectivity index (χ1n) is 7.73. The van der Waals surface area contributed by atoms with E-state index in [9.17, 15) is 10.2 Å². The SMILES string of the molecule is CCCC(CC)C(c1ccc(O)cc1)c1ccc(O)cc1. The maximum absolute atomic E-state index is 9.51. The Morgan fingerprint density at radius 2 is 1.19 bits per heavy atom. The Hall–Kier alpha value is -1.96. The average molecular weight is 284 g/mol. The van der Waals surface area contributed by atoms with E-state index in [1.807, 2.05) is 24.3 Å². The van der Waals surface area contributed by atoms with Crippen LogP contribution in [0.1, 0.15) is 50.2 Å². The maximum Gasteiger partial charge on any atom is 0.115 e. The van der Waals surface area contributed by atoms with Crippen molar-refractivity contribution < 1.29 is 10.2 Å². The van der Waals surface area contributed by atoms with Gasteiger partial charge in [0.1, 0.15) is 11.5 Å². The van der Waals surface area contributed by atoms with E-state index in [-0.39, 0.29) is 0 Å². The van der Waals surface area contributed by atoms with E-state index in [0.717, 1.165) is 12.8 Å². The summed E-state index contributed by atoms with van der Waals surface area (Å²) in [4.78, 5) is 0. The van der Waals surface area contributed by atoms with Crippen molar-refractivity contribution in [2.24, 2.45) is 5.92 Å². The zero-order valence-corrected chi connectivity index (χ0v) is 12.8. The van der Waals surface area contributed by atoms with Crippen molar-refractivity contribution in [3.63, 3.8) is 0 Å². The third-order valence-corrected chi connectivity index (χ3v) is 4.16. The van der Waals surface area contributed by atoms with Crippen molar-refractivity contribution in [3.05, 3.63) is 59.7 Å². The van der Waals surface area contributed by atoms with Crippen LogP contribution in [0.15, 0.2) is 48.5 Å². The minimum Gasteiger partial charge on any atom is -0.508 e. The van der Waals surface area contributed by atoms with Gasteiger partial charge in [0.05, 0.1) is 0 Å². The Morgan fingerprint density at radius 1 is 0.762 bits per heavy atom. The molecule has 2 aromatic carbocycles. The summed E-state index contributed by atoms with van der Waals surface area (Å²) in [5.41, 5.74) is 2.44. The van der Waals surface area contributed by atoms with Gasteiger partial charge in [-0.3, -0.25) is 0 Å². The molecule has 0 fully saturated rings. The quantitative estimate of drug-likeness (QED) is 0.778. The first-order chi connectivity index (χ1) is 10.2. The molecule has 2 rings (SSSR count). The van der Waals surface area contributed by atoms with Gasteiger partial charge in [-0.05, 0) is 47.7 Å². The lowest BCUT2D eigenvalue weighted by Crippen LogP contribution is -2.14. The molecule has 2 nitrogen and oxygen atoms in total. The number of phenolic OH excluding ortho intramolecular Hbond substituents is 2. The minimum absolute atomic E-state index is 0.298. The normalized spacial score (nSPS) is 12.5. The van der Waals surface area contributed by atoms with Crippen LogP contribution in [0.2, 0.25) is 0 Å². The maximum atomic E-state index is 9.51. The zero-order chi connectivity index (χ0) is 15.2. The summed E-state index contributed by atoms with van der Waals surface area (Å²) in [6.45, 7) is 4.45. The average Bonchev–Trinajstić information content (AvgIpc) is 2.50. The number of rotatable bonds is 6. The Labute approximate surface area is 127 Å². The van der Waals surface area contributed by atoms with E-state index in [1.54, 1.807) is 24.3 Å². The number of hydrogen-bond acceptors (Lipinski definition) is 2. The van der Waals surface area contributed by atoms with Crippen molar-refractivity contribution >= 4 is 0 Å². The second kappa shape index (κ2) is 7.16. The van der Waals surface area contributed by atoms with E-state index >= 15 is 0 Å². The zero-order valence-electron chi connectivity index (χ0n) is 12.8. The summed E-state index contributed by atoms with van der Waals surface area (Å²) in [6.07, 6.45) is 3.44. The van der Waals surface area contributed by atoms with Gasteiger partial charge >= 0.3 is 0 Å². The summed E-state index contributed by atoms with van der Waals surface area (Å²) in [5.74, 6) is 1.46. The molecule has 0 radical (unpaired) electrons. The van der Waals surface area contributed by atoms with Crippen LogP contribution in [0.25, 0.3) is 0 Å². The molecule has 2 N–H and O–H groups in total. The highest BCUT2D eigenvalue weighted by molar-refractivity contribution is 5.38. The predicted octanol–water partition coefficient (Wildman–Crippen LogP) is 5.06. The molecule has 1 unspecified atom stereocenters. The fourth-order valence-corrected chi connectivity index (χ4v) is 3.08. The highest BCUT2D eigenvalue weighted by atomic mass is 16.3. The van der Waals surface area contributed by atoms with Gasteiger partial charge in [0.2, 0.25) is 0 Å². The molecule has 0 aliphatic carbocycles. The first kappa shape index (κ1) is 15.4. The minimum atomic E-state index is 0.298. The second-order valence-electron chi connectivity index (χ2n) is 5.62. The fourth-order valence-electron chi connectivity index (χ4n) is 3.08. The Kier molecular flexibility index (Phi) is 5.26. The van der Waals surface area contributed by atoms with Crippen LogP contribution in [0.5, 0.6) is 11.5 Å². The van der Waals surface area contributed by atoms with Gasteiger partial charge in [-0.15, -0.1) is 0 Å². The van der Waals surface area contributed by atoms with Gasteiger partial charge < -0.3 is 10.2 Å². The molecule has 0 spiro atoms. The molecule has 0 bridgehead atoms. The van der Waals surface area contributed by atoms with Crippen molar-refractivity contribution in [1.29, 1.82) is 0 Å². The molecule has 2 aromatic rings. The summed E-state index contributed by atoms with van der Waals surface area (Å²) in [6, 6.07) is 15.0. The van der Waals surface area contributed by atoms with Crippen molar-refractivity contribution in [2.45, 2.75) is 39.0 Å². The van der Waals surface area contributed by atoms with Gasteiger partial charge in [0.25, 0.3) is 0 Å². The molecule has 0 amide bonds. The number of aromatic hydroxyl groups is 2. The van der Waals surface area contributed by atoms with Gasteiger partial charge in [-0.2, -0.15) is 0 Å². The highest BCUT2D eigenvalue weighted by Gasteiger charge is 2.23. The molecular weight excluding hydrogens is 260 g/mol. The fraction of sp³-hybridized carbons (Fsp3) is 0.368. The molecule has 21 heavy (non-hydrogen) atoms. The highest BCUT2D eigenvalue weighted by Crippen LogP contribution is 2.37. The molecule has 0 aromatic heterocycles. The summed E-state index contributed by atoms with van der Waals surface area (Å²) in [5, 5.41) is 19.0. The molecule has 0 saturated heterocycles. The number of hydrogen-bond donors (Lipinski definition) is 2. The van der Waals surface area contributed by atoms with Gasteiger partial charge in [-0.25, -0.2) is 0 Å². The molecule has 1 atom stereocenters.